The van der Waals surface area contributed by atoms with E-state index in [9.17, 15) is 9.59 Å². The van der Waals surface area contributed by atoms with E-state index in [-0.39, 0.29) is 29.3 Å². The molecule has 1 aromatic carbocycles. The van der Waals surface area contributed by atoms with E-state index in [2.05, 4.69) is 35.0 Å². The third-order valence-corrected chi connectivity index (χ3v) is 8.36. The summed E-state index contributed by atoms with van der Waals surface area (Å²) in [5.41, 5.74) is 3.25. The minimum atomic E-state index is -0.234. The Hall–Kier alpha value is -3.92. The molecule has 1 atom stereocenters. The highest BCUT2D eigenvalue weighted by Crippen LogP contribution is 2.36. The molecule has 3 heterocycles. The van der Waals surface area contributed by atoms with E-state index in [4.69, 9.17) is 0 Å². The molecule has 1 amide bonds. The lowest BCUT2D eigenvalue weighted by molar-refractivity contribution is -0.113. The van der Waals surface area contributed by atoms with Gasteiger partial charge in [-0.15, -0.1) is 10.2 Å². The van der Waals surface area contributed by atoms with E-state index in [0.29, 0.717) is 30.1 Å². The average Bonchev–Trinajstić information content (AvgIpc) is 3.41. The van der Waals surface area contributed by atoms with Gasteiger partial charge in [0.05, 0.1) is 17.0 Å². The summed E-state index contributed by atoms with van der Waals surface area (Å²) in [6.45, 7) is 0. The number of ketones is 1. The number of carbonyl (C=O) groups excluding carboxylic acids is 2. The summed E-state index contributed by atoms with van der Waals surface area (Å²) >= 11 is 1.36. The number of Topliss-reactive ketones (excluding diaryl/α,β-unsaturated/α-hetero) is 1. The maximum atomic E-state index is 12.9. The van der Waals surface area contributed by atoms with Crippen LogP contribution in [0.1, 0.15) is 72.1 Å². The van der Waals surface area contributed by atoms with E-state index < -0.39 is 0 Å². The van der Waals surface area contributed by atoms with Crippen LogP contribution in [0.15, 0.2) is 66.2 Å². The van der Waals surface area contributed by atoms with Gasteiger partial charge in [0.1, 0.15) is 0 Å². The standard InChI is InChI=1S/C29H29N7O2S/c37-25-15-21(19-8-3-1-4-9-19)14-24-23(25)17-31-28(32-24)33-26(38)18-39-29-35-34-27(20-10-7-13-30-16-20)36(29)22-11-5-2-6-12-22/h1,3-4,7-10,13,16-17,21-22H,2,5-6,11-12,14-15,18H2,(H,31,32,33,38)/t21-/m0/s1. The smallest absolute Gasteiger partial charge is 0.237 e. The van der Waals surface area contributed by atoms with Gasteiger partial charge in [-0.2, -0.15) is 0 Å². The largest absolute Gasteiger partial charge is 0.299 e. The molecule has 4 aromatic rings. The molecule has 0 aliphatic heterocycles. The van der Waals surface area contributed by atoms with E-state index in [1.54, 1.807) is 12.4 Å². The van der Waals surface area contributed by atoms with Crippen LogP contribution in [0, 0.1) is 0 Å². The van der Waals surface area contributed by atoms with Crippen LogP contribution in [0.25, 0.3) is 11.4 Å². The lowest BCUT2D eigenvalue weighted by Gasteiger charge is -2.25. The van der Waals surface area contributed by atoms with E-state index in [0.717, 1.165) is 34.9 Å². The van der Waals surface area contributed by atoms with Crippen molar-refractivity contribution in [1.29, 1.82) is 0 Å². The SMILES string of the molecule is O=C(CSc1nnc(-c2cccnc2)n1C1CCCCC1)Nc1ncc2c(n1)C[C@H](c1ccccc1)CC2=O. The Morgan fingerprint density at radius 1 is 1.00 bits per heavy atom. The molecule has 39 heavy (non-hydrogen) atoms. The molecule has 0 bridgehead atoms. The Bertz CT molecular complexity index is 1470. The number of amides is 1. The molecule has 2 aliphatic rings. The van der Waals surface area contributed by atoms with Gasteiger partial charge in [-0.3, -0.25) is 24.5 Å². The molecule has 2 aliphatic carbocycles. The van der Waals surface area contributed by atoms with Crippen LogP contribution in [0.2, 0.25) is 0 Å². The van der Waals surface area contributed by atoms with Crippen molar-refractivity contribution in [1.82, 2.24) is 29.7 Å². The molecule has 0 unspecified atom stereocenters. The number of anilines is 1. The van der Waals surface area contributed by atoms with E-state index in [1.807, 2.05) is 42.5 Å². The maximum absolute atomic E-state index is 12.9. The number of rotatable bonds is 7. The zero-order valence-corrected chi connectivity index (χ0v) is 22.3. The summed E-state index contributed by atoms with van der Waals surface area (Å²) in [5, 5.41) is 12.5. The van der Waals surface area contributed by atoms with Crippen molar-refractivity contribution in [3.63, 3.8) is 0 Å². The predicted molar refractivity (Wildman–Crippen MR) is 149 cm³/mol. The zero-order chi connectivity index (χ0) is 26.6. The van der Waals surface area contributed by atoms with Crippen molar-refractivity contribution in [2.24, 2.45) is 0 Å². The first-order valence-corrected chi connectivity index (χ1v) is 14.4. The highest BCUT2D eigenvalue weighted by atomic mass is 32.2. The number of benzene rings is 1. The van der Waals surface area contributed by atoms with Crippen LogP contribution >= 0.6 is 11.8 Å². The number of carbonyl (C=O) groups is 2. The van der Waals surface area contributed by atoms with Gasteiger partial charge in [0.15, 0.2) is 16.8 Å². The molecule has 3 aromatic heterocycles. The molecular formula is C29H29N7O2S. The summed E-state index contributed by atoms with van der Waals surface area (Å²) in [7, 11) is 0. The van der Waals surface area contributed by atoms with Crippen LogP contribution in [0.3, 0.4) is 0 Å². The highest BCUT2D eigenvalue weighted by molar-refractivity contribution is 7.99. The number of nitrogens with zero attached hydrogens (tertiary/aromatic N) is 6. The Balaban J connectivity index is 1.16. The fourth-order valence-electron chi connectivity index (χ4n) is 5.49. The number of nitrogens with one attached hydrogen (secondary N) is 1. The van der Waals surface area contributed by atoms with Crippen molar-refractivity contribution >= 4 is 29.4 Å². The Kier molecular flexibility index (Phi) is 7.44. The first-order valence-electron chi connectivity index (χ1n) is 13.4. The van der Waals surface area contributed by atoms with Crippen LogP contribution in [0.4, 0.5) is 5.95 Å². The second-order valence-corrected chi connectivity index (χ2v) is 11.0. The quantitative estimate of drug-likeness (QED) is 0.316. The average molecular weight is 540 g/mol. The molecule has 10 heteroatoms. The van der Waals surface area contributed by atoms with Crippen molar-refractivity contribution < 1.29 is 9.59 Å². The third kappa shape index (κ3) is 5.61. The summed E-state index contributed by atoms with van der Waals surface area (Å²) in [5.74, 6) is 1.01. The van der Waals surface area contributed by atoms with Gasteiger partial charge in [-0.05, 0) is 42.9 Å². The molecule has 1 saturated carbocycles. The fourth-order valence-corrected chi connectivity index (χ4v) is 6.30. The number of fused-ring (bicyclic) bond motifs is 1. The Labute approximate surface area is 230 Å². The molecule has 0 radical (unpaired) electrons. The highest BCUT2D eigenvalue weighted by Gasteiger charge is 2.28. The normalized spacial score (nSPS) is 17.5. The number of aromatic nitrogens is 6. The fraction of sp³-hybridized carbons (Fsp3) is 0.345. The van der Waals surface area contributed by atoms with Crippen LogP contribution in [-0.2, 0) is 11.2 Å². The lowest BCUT2D eigenvalue weighted by atomic mass is 9.82. The van der Waals surface area contributed by atoms with Gasteiger partial charge in [-0.1, -0.05) is 61.4 Å². The predicted octanol–water partition coefficient (Wildman–Crippen LogP) is 5.28. The molecule has 1 N–H and O–H groups in total. The minimum absolute atomic E-state index is 0.0324. The van der Waals surface area contributed by atoms with Crippen molar-refractivity contribution in [2.75, 3.05) is 11.1 Å². The Morgan fingerprint density at radius 2 is 1.85 bits per heavy atom. The second kappa shape index (κ2) is 11.4. The molecular weight excluding hydrogens is 510 g/mol. The van der Waals surface area contributed by atoms with E-state index >= 15 is 0 Å². The minimum Gasteiger partial charge on any atom is -0.299 e. The molecule has 9 nitrogen and oxygen atoms in total. The molecule has 6 rings (SSSR count). The van der Waals surface area contributed by atoms with E-state index in [1.165, 1.54) is 37.2 Å². The first kappa shape index (κ1) is 25.4. The molecule has 0 saturated heterocycles. The monoisotopic (exact) mass is 539 g/mol. The summed E-state index contributed by atoms with van der Waals surface area (Å²) in [6.07, 6.45) is 11.9. The van der Waals surface area contributed by atoms with Crippen molar-refractivity contribution in [2.45, 2.75) is 62.1 Å². The second-order valence-electron chi connectivity index (χ2n) is 10.0. The van der Waals surface area contributed by atoms with Gasteiger partial charge < -0.3 is 0 Å². The number of thioether (sulfide) groups is 1. The van der Waals surface area contributed by atoms with Gasteiger partial charge in [0.25, 0.3) is 0 Å². The number of hydrogen-bond donors (Lipinski definition) is 1. The molecule has 0 spiro atoms. The van der Waals surface area contributed by atoms with Crippen molar-refractivity contribution in [3.8, 4) is 11.4 Å². The lowest BCUT2D eigenvalue weighted by Crippen LogP contribution is -2.23. The van der Waals surface area contributed by atoms with Gasteiger partial charge in [0, 0.05) is 36.6 Å². The maximum Gasteiger partial charge on any atom is 0.237 e. The summed E-state index contributed by atoms with van der Waals surface area (Å²) in [6, 6.07) is 14.2. The van der Waals surface area contributed by atoms with Gasteiger partial charge in [0.2, 0.25) is 11.9 Å². The number of hydrogen-bond acceptors (Lipinski definition) is 8. The van der Waals surface area contributed by atoms with Gasteiger partial charge >= 0.3 is 0 Å². The van der Waals surface area contributed by atoms with Crippen LogP contribution < -0.4 is 5.32 Å². The van der Waals surface area contributed by atoms with Crippen molar-refractivity contribution in [3.05, 3.63) is 77.9 Å². The summed E-state index contributed by atoms with van der Waals surface area (Å²) < 4.78 is 2.18. The zero-order valence-electron chi connectivity index (χ0n) is 21.5. The Morgan fingerprint density at radius 3 is 2.64 bits per heavy atom. The summed E-state index contributed by atoms with van der Waals surface area (Å²) in [4.78, 5) is 38.7. The number of pyridine rings is 1. The first-order chi connectivity index (χ1) is 19.2. The molecule has 1 fully saturated rings. The van der Waals surface area contributed by atoms with Crippen LogP contribution in [0.5, 0.6) is 0 Å². The van der Waals surface area contributed by atoms with Crippen LogP contribution in [-0.4, -0.2) is 47.2 Å². The topological polar surface area (TPSA) is 116 Å². The third-order valence-electron chi connectivity index (χ3n) is 7.42. The van der Waals surface area contributed by atoms with Gasteiger partial charge in [-0.25, -0.2) is 9.97 Å². The molecule has 198 valence electrons.